The molecule has 7 nitrogen and oxygen atoms in total. The van der Waals surface area contributed by atoms with Gasteiger partial charge in [-0.2, -0.15) is 0 Å². The van der Waals surface area contributed by atoms with Crippen molar-refractivity contribution in [3.63, 3.8) is 0 Å². The Morgan fingerprint density at radius 2 is 1.96 bits per heavy atom. The highest BCUT2D eigenvalue weighted by atomic mass is 32.1. The highest BCUT2D eigenvalue weighted by Gasteiger charge is 2.35. The molecule has 0 N–H and O–H groups in total. The molecule has 23 heavy (non-hydrogen) atoms. The van der Waals surface area contributed by atoms with Crippen LogP contribution in [0.4, 0.5) is 4.79 Å². The fraction of sp³-hybridized carbons (Fsp3) is 0.400. The Labute approximate surface area is 138 Å². The van der Waals surface area contributed by atoms with E-state index in [0.717, 1.165) is 16.9 Å². The maximum Gasteiger partial charge on any atom is 0.327 e. The average molecular weight is 331 g/mol. The second-order valence-electron chi connectivity index (χ2n) is 5.40. The molecule has 8 heteroatoms. The molecule has 2 aromatic heterocycles. The average Bonchev–Trinajstić information content (AvgIpc) is 3.14. The van der Waals surface area contributed by atoms with E-state index in [9.17, 15) is 9.59 Å². The zero-order valence-corrected chi connectivity index (χ0v) is 13.6. The molecule has 1 saturated heterocycles. The Morgan fingerprint density at radius 3 is 2.65 bits per heavy atom. The quantitative estimate of drug-likeness (QED) is 0.745. The number of amides is 3. The van der Waals surface area contributed by atoms with Gasteiger partial charge >= 0.3 is 6.03 Å². The summed E-state index contributed by atoms with van der Waals surface area (Å²) in [6.45, 7) is 2.91. The maximum atomic E-state index is 12.3. The molecular formula is C15H17N5O2S. The van der Waals surface area contributed by atoms with E-state index in [2.05, 4.69) is 14.3 Å². The van der Waals surface area contributed by atoms with E-state index < -0.39 is 0 Å². The summed E-state index contributed by atoms with van der Waals surface area (Å²) in [6, 6.07) is 1.70. The Balaban J connectivity index is 1.54. The predicted molar refractivity (Wildman–Crippen MR) is 85.0 cm³/mol. The zero-order chi connectivity index (χ0) is 16.2. The van der Waals surface area contributed by atoms with Gasteiger partial charge in [0.15, 0.2) is 0 Å². The van der Waals surface area contributed by atoms with Crippen molar-refractivity contribution in [3.05, 3.63) is 40.9 Å². The van der Waals surface area contributed by atoms with Gasteiger partial charge in [0.2, 0.25) is 5.91 Å². The highest BCUT2D eigenvalue weighted by Crippen LogP contribution is 2.13. The summed E-state index contributed by atoms with van der Waals surface area (Å²) in [5.41, 5.74) is 0.983. The van der Waals surface area contributed by atoms with Crippen LogP contribution in [-0.2, 0) is 17.6 Å². The molecule has 2 aromatic rings. The first-order chi connectivity index (χ1) is 11.1. The number of urea groups is 1. The lowest BCUT2D eigenvalue weighted by atomic mass is 10.3. The van der Waals surface area contributed by atoms with Crippen molar-refractivity contribution in [2.45, 2.75) is 19.8 Å². The number of carbonyl (C=O) groups is 2. The molecule has 0 atom stereocenters. The molecule has 1 fully saturated rings. The van der Waals surface area contributed by atoms with Crippen LogP contribution in [0.3, 0.4) is 0 Å². The van der Waals surface area contributed by atoms with Gasteiger partial charge in [-0.15, -0.1) is 0 Å². The lowest BCUT2D eigenvalue weighted by molar-refractivity contribution is -0.125. The third-order valence-corrected chi connectivity index (χ3v) is 4.44. The van der Waals surface area contributed by atoms with Crippen LogP contribution < -0.4 is 0 Å². The van der Waals surface area contributed by atoms with Crippen molar-refractivity contribution >= 4 is 23.5 Å². The minimum absolute atomic E-state index is 0.145. The Kier molecular flexibility index (Phi) is 4.61. The van der Waals surface area contributed by atoms with Crippen LogP contribution in [0, 0.1) is 6.92 Å². The summed E-state index contributed by atoms with van der Waals surface area (Å²) in [5.74, 6) is 0.478. The number of imide groups is 1. The van der Waals surface area contributed by atoms with Crippen LogP contribution >= 0.6 is 11.5 Å². The molecule has 1 aliphatic rings. The lowest BCUT2D eigenvalue weighted by Gasteiger charge is -2.16. The standard InChI is InChI=1S/C15H17N5O2S/c1-11-8-16-13(17-9-11)4-7-20-14(21)10-19(15(20)22)6-3-12-2-5-18-23-12/h2,5,8-9H,3-4,6-7,10H2,1H3. The molecule has 0 bridgehead atoms. The number of carbonyl (C=O) groups excluding carboxylic acids is 2. The lowest BCUT2D eigenvalue weighted by Crippen LogP contribution is -2.35. The van der Waals surface area contributed by atoms with Crippen molar-refractivity contribution in [1.29, 1.82) is 0 Å². The SMILES string of the molecule is Cc1cnc(CCN2C(=O)CN(CCc3ccns3)C2=O)nc1. The van der Waals surface area contributed by atoms with Crippen molar-refractivity contribution in [2.24, 2.45) is 0 Å². The fourth-order valence-corrected chi connectivity index (χ4v) is 2.93. The van der Waals surface area contributed by atoms with Gasteiger partial charge in [0.1, 0.15) is 12.4 Å². The largest absolute Gasteiger partial charge is 0.327 e. The third-order valence-electron chi connectivity index (χ3n) is 3.64. The number of rotatable bonds is 6. The Bertz CT molecular complexity index is 686. The number of nitrogens with zero attached hydrogens (tertiary/aromatic N) is 5. The summed E-state index contributed by atoms with van der Waals surface area (Å²) < 4.78 is 4.03. The predicted octanol–water partition coefficient (Wildman–Crippen LogP) is 1.29. The highest BCUT2D eigenvalue weighted by molar-refractivity contribution is 7.05. The molecule has 0 spiro atoms. The first-order valence-electron chi connectivity index (χ1n) is 7.40. The normalized spacial score (nSPS) is 14.8. The Hall–Kier alpha value is -2.35. The van der Waals surface area contributed by atoms with E-state index in [1.54, 1.807) is 23.5 Å². The van der Waals surface area contributed by atoms with Gasteiger partial charge in [-0.25, -0.2) is 19.1 Å². The molecule has 3 rings (SSSR count). The van der Waals surface area contributed by atoms with Crippen LogP contribution in [0.15, 0.2) is 24.7 Å². The van der Waals surface area contributed by atoms with Crippen molar-refractivity contribution in [2.75, 3.05) is 19.6 Å². The van der Waals surface area contributed by atoms with E-state index in [0.29, 0.717) is 25.3 Å². The summed E-state index contributed by atoms with van der Waals surface area (Å²) in [4.78, 5) is 36.7. The molecule has 0 unspecified atom stereocenters. The summed E-state index contributed by atoms with van der Waals surface area (Å²) in [7, 11) is 0. The number of hydrogen-bond donors (Lipinski definition) is 0. The van der Waals surface area contributed by atoms with Crippen LogP contribution in [0.25, 0.3) is 0 Å². The molecule has 0 radical (unpaired) electrons. The van der Waals surface area contributed by atoms with Crippen LogP contribution in [-0.4, -0.2) is 55.7 Å². The first kappa shape index (κ1) is 15.5. The van der Waals surface area contributed by atoms with Crippen molar-refractivity contribution < 1.29 is 9.59 Å². The van der Waals surface area contributed by atoms with Crippen molar-refractivity contribution in [3.8, 4) is 0 Å². The minimum Gasteiger partial charge on any atom is -0.315 e. The number of hydrogen-bond acceptors (Lipinski definition) is 6. The van der Waals surface area contributed by atoms with Crippen LogP contribution in [0.2, 0.25) is 0 Å². The first-order valence-corrected chi connectivity index (χ1v) is 8.17. The number of aromatic nitrogens is 3. The molecule has 0 aromatic carbocycles. The molecule has 120 valence electrons. The van der Waals surface area contributed by atoms with Gasteiger partial charge < -0.3 is 4.90 Å². The summed E-state index contributed by atoms with van der Waals surface area (Å²) in [5, 5.41) is 0. The van der Waals surface area contributed by atoms with E-state index in [-0.39, 0.29) is 18.5 Å². The summed E-state index contributed by atoms with van der Waals surface area (Å²) in [6.07, 6.45) is 6.40. The second-order valence-corrected chi connectivity index (χ2v) is 6.32. The molecule has 1 aliphatic heterocycles. The molecule has 3 amide bonds. The van der Waals surface area contributed by atoms with Crippen LogP contribution in [0.5, 0.6) is 0 Å². The van der Waals surface area contributed by atoms with Crippen LogP contribution in [0.1, 0.15) is 16.3 Å². The van der Waals surface area contributed by atoms with Gasteiger partial charge in [0.25, 0.3) is 0 Å². The monoisotopic (exact) mass is 331 g/mol. The maximum absolute atomic E-state index is 12.3. The molecule has 3 heterocycles. The zero-order valence-electron chi connectivity index (χ0n) is 12.8. The third kappa shape index (κ3) is 3.70. The van der Waals surface area contributed by atoms with Gasteiger partial charge in [0.05, 0.1) is 0 Å². The molecule has 0 saturated carbocycles. The van der Waals surface area contributed by atoms with E-state index in [1.165, 1.54) is 16.4 Å². The van der Waals surface area contributed by atoms with Gasteiger partial charge in [-0.1, -0.05) is 0 Å². The fourth-order valence-electron chi connectivity index (χ4n) is 2.37. The van der Waals surface area contributed by atoms with E-state index >= 15 is 0 Å². The van der Waals surface area contributed by atoms with Gasteiger partial charge in [-0.05, 0) is 30.1 Å². The van der Waals surface area contributed by atoms with Gasteiger partial charge in [0, 0.05) is 49.4 Å². The molecular weight excluding hydrogens is 314 g/mol. The molecule has 0 aliphatic carbocycles. The van der Waals surface area contributed by atoms with E-state index in [1.807, 2.05) is 13.0 Å². The van der Waals surface area contributed by atoms with E-state index in [4.69, 9.17) is 0 Å². The Morgan fingerprint density at radius 1 is 1.17 bits per heavy atom. The van der Waals surface area contributed by atoms with Gasteiger partial charge in [-0.3, -0.25) is 9.69 Å². The smallest absolute Gasteiger partial charge is 0.315 e. The minimum atomic E-state index is -0.230. The van der Waals surface area contributed by atoms with Crippen molar-refractivity contribution in [1.82, 2.24) is 24.1 Å². The summed E-state index contributed by atoms with van der Waals surface area (Å²) >= 11 is 1.41. The topological polar surface area (TPSA) is 79.3 Å². The second kappa shape index (κ2) is 6.82. The number of aryl methyl sites for hydroxylation is 1.